The van der Waals surface area contributed by atoms with E-state index in [0.717, 1.165) is 11.1 Å². The Hall–Kier alpha value is -3.13. The van der Waals surface area contributed by atoms with E-state index in [1.807, 2.05) is 44.2 Å². The molecule has 26 heavy (non-hydrogen) atoms. The zero-order valence-electron chi connectivity index (χ0n) is 15.0. The normalized spacial score (nSPS) is 11.5. The van der Waals surface area contributed by atoms with E-state index in [2.05, 4.69) is 16.7 Å². The van der Waals surface area contributed by atoms with Gasteiger partial charge in [0.25, 0.3) is 5.91 Å². The van der Waals surface area contributed by atoms with Crippen molar-refractivity contribution >= 4 is 17.5 Å². The predicted octanol–water partition coefficient (Wildman–Crippen LogP) is 3.59. The number of benzene rings is 2. The summed E-state index contributed by atoms with van der Waals surface area (Å²) in [6, 6.07) is 17.6. The van der Waals surface area contributed by atoms with E-state index >= 15 is 0 Å². The van der Waals surface area contributed by atoms with Crippen LogP contribution in [0.5, 0.6) is 0 Å². The summed E-state index contributed by atoms with van der Waals surface area (Å²) in [5.41, 5.74) is 2.23. The molecule has 0 radical (unpaired) electrons. The van der Waals surface area contributed by atoms with Gasteiger partial charge in [-0.2, -0.15) is 5.26 Å². The van der Waals surface area contributed by atoms with Crippen molar-refractivity contribution in [1.82, 2.24) is 5.32 Å². The summed E-state index contributed by atoms with van der Waals surface area (Å²) in [7, 11) is 0. The molecule has 0 aromatic heterocycles. The summed E-state index contributed by atoms with van der Waals surface area (Å²) in [4.78, 5) is 25.0. The van der Waals surface area contributed by atoms with Crippen molar-refractivity contribution in [3.8, 4) is 6.07 Å². The lowest BCUT2D eigenvalue weighted by Gasteiger charge is -2.19. The first-order valence-electron chi connectivity index (χ1n) is 8.60. The van der Waals surface area contributed by atoms with Crippen LogP contribution >= 0.6 is 0 Å². The molecule has 134 valence electrons. The number of hydrogen-bond acceptors (Lipinski definition) is 3. The van der Waals surface area contributed by atoms with Crippen molar-refractivity contribution in [3.63, 3.8) is 0 Å². The SMILES string of the molecule is CC(C)CC(=O)N[C@@H](C(=O)Nc1ccc(CC#N)cc1)c1ccccc1. The Balaban J connectivity index is 2.14. The molecular formula is C21H23N3O2. The number of hydrogen-bond donors (Lipinski definition) is 2. The molecule has 2 amide bonds. The Kier molecular flexibility index (Phi) is 6.92. The van der Waals surface area contributed by atoms with Gasteiger partial charge in [-0.05, 0) is 29.2 Å². The molecule has 0 saturated carbocycles. The average Bonchev–Trinajstić information content (AvgIpc) is 2.61. The second-order valence-corrected chi connectivity index (χ2v) is 6.53. The first-order valence-corrected chi connectivity index (χ1v) is 8.60. The van der Waals surface area contributed by atoms with E-state index in [-0.39, 0.29) is 17.7 Å². The topological polar surface area (TPSA) is 82.0 Å². The van der Waals surface area contributed by atoms with Crippen LogP contribution in [0.25, 0.3) is 0 Å². The van der Waals surface area contributed by atoms with E-state index in [1.54, 1.807) is 24.3 Å². The first-order chi connectivity index (χ1) is 12.5. The van der Waals surface area contributed by atoms with E-state index in [4.69, 9.17) is 5.26 Å². The maximum Gasteiger partial charge on any atom is 0.251 e. The van der Waals surface area contributed by atoms with Gasteiger partial charge in [-0.15, -0.1) is 0 Å². The number of carbonyl (C=O) groups is 2. The van der Waals surface area contributed by atoms with Crippen LogP contribution in [0.1, 0.15) is 37.4 Å². The minimum absolute atomic E-state index is 0.159. The molecule has 2 rings (SSSR count). The van der Waals surface area contributed by atoms with Crippen molar-refractivity contribution in [2.24, 2.45) is 5.92 Å². The molecule has 0 bridgehead atoms. The maximum absolute atomic E-state index is 12.8. The van der Waals surface area contributed by atoms with Crippen LogP contribution in [0.15, 0.2) is 54.6 Å². The Morgan fingerprint density at radius 3 is 2.27 bits per heavy atom. The Bertz CT molecular complexity index is 777. The van der Waals surface area contributed by atoms with Crippen molar-refractivity contribution < 1.29 is 9.59 Å². The van der Waals surface area contributed by atoms with Crippen molar-refractivity contribution in [2.45, 2.75) is 32.7 Å². The lowest BCUT2D eigenvalue weighted by molar-refractivity contribution is -0.127. The van der Waals surface area contributed by atoms with Crippen LogP contribution < -0.4 is 10.6 Å². The van der Waals surface area contributed by atoms with Gasteiger partial charge in [0.05, 0.1) is 12.5 Å². The van der Waals surface area contributed by atoms with Crippen LogP contribution in [0.2, 0.25) is 0 Å². The quantitative estimate of drug-likeness (QED) is 0.801. The van der Waals surface area contributed by atoms with Gasteiger partial charge in [0.15, 0.2) is 0 Å². The molecule has 2 aromatic carbocycles. The molecular weight excluding hydrogens is 326 g/mol. The summed E-state index contributed by atoms with van der Waals surface area (Å²) in [5.74, 6) is -0.253. The fourth-order valence-corrected chi connectivity index (χ4v) is 2.55. The summed E-state index contributed by atoms with van der Waals surface area (Å²) in [6.45, 7) is 3.92. The number of nitrogens with zero attached hydrogens (tertiary/aromatic N) is 1. The lowest BCUT2D eigenvalue weighted by atomic mass is 10.0. The smallest absolute Gasteiger partial charge is 0.251 e. The summed E-state index contributed by atoms with van der Waals surface area (Å²) in [6.07, 6.45) is 0.686. The van der Waals surface area contributed by atoms with Crippen molar-refractivity contribution in [1.29, 1.82) is 5.26 Å². The highest BCUT2D eigenvalue weighted by Gasteiger charge is 2.23. The van der Waals surface area contributed by atoms with Gasteiger partial charge in [-0.1, -0.05) is 56.3 Å². The molecule has 0 aliphatic heterocycles. The summed E-state index contributed by atoms with van der Waals surface area (Å²) >= 11 is 0. The van der Waals surface area contributed by atoms with Gasteiger partial charge in [0.1, 0.15) is 6.04 Å². The van der Waals surface area contributed by atoms with Crippen molar-refractivity contribution in [2.75, 3.05) is 5.32 Å². The van der Waals surface area contributed by atoms with Crippen LogP contribution in [-0.4, -0.2) is 11.8 Å². The number of rotatable bonds is 7. The van der Waals surface area contributed by atoms with Crippen LogP contribution in [0.4, 0.5) is 5.69 Å². The third kappa shape index (κ3) is 5.75. The van der Waals surface area contributed by atoms with E-state index in [0.29, 0.717) is 18.5 Å². The number of carbonyl (C=O) groups excluding carboxylic acids is 2. The summed E-state index contributed by atoms with van der Waals surface area (Å²) < 4.78 is 0. The second-order valence-electron chi connectivity index (χ2n) is 6.53. The molecule has 2 N–H and O–H groups in total. The molecule has 0 aliphatic carbocycles. The zero-order chi connectivity index (χ0) is 18.9. The monoisotopic (exact) mass is 349 g/mol. The van der Waals surface area contributed by atoms with Gasteiger partial charge >= 0.3 is 0 Å². The van der Waals surface area contributed by atoms with Gasteiger partial charge < -0.3 is 10.6 Å². The molecule has 0 aliphatic rings. The number of anilines is 1. The Morgan fingerprint density at radius 2 is 1.69 bits per heavy atom. The minimum atomic E-state index is -0.763. The maximum atomic E-state index is 12.8. The Morgan fingerprint density at radius 1 is 1.04 bits per heavy atom. The zero-order valence-corrected chi connectivity index (χ0v) is 15.0. The second kappa shape index (κ2) is 9.38. The van der Waals surface area contributed by atoms with E-state index in [1.165, 1.54) is 0 Å². The third-order valence-corrected chi connectivity index (χ3v) is 3.80. The molecule has 0 saturated heterocycles. The van der Waals surface area contributed by atoms with Gasteiger partial charge in [-0.25, -0.2) is 0 Å². The highest BCUT2D eigenvalue weighted by molar-refractivity contribution is 5.97. The molecule has 1 atom stereocenters. The molecule has 0 heterocycles. The number of amides is 2. The van der Waals surface area contributed by atoms with Crippen LogP contribution in [-0.2, 0) is 16.0 Å². The van der Waals surface area contributed by atoms with E-state index in [9.17, 15) is 9.59 Å². The highest BCUT2D eigenvalue weighted by Crippen LogP contribution is 2.17. The standard InChI is InChI=1S/C21H23N3O2/c1-15(2)14-19(25)24-20(17-6-4-3-5-7-17)21(26)23-18-10-8-16(9-11-18)12-13-22/h3-11,15,20H,12,14H2,1-2H3,(H,23,26)(H,24,25)/t20-/m1/s1. The largest absolute Gasteiger partial charge is 0.341 e. The minimum Gasteiger partial charge on any atom is -0.341 e. The molecule has 5 heteroatoms. The van der Waals surface area contributed by atoms with Gasteiger partial charge in [0.2, 0.25) is 5.91 Å². The molecule has 2 aromatic rings. The first kappa shape index (κ1) is 19.2. The van der Waals surface area contributed by atoms with Gasteiger partial charge in [0, 0.05) is 12.1 Å². The highest BCUT2D eigenvalue weighted by atomic mass is 16.2. The van der Waals surface area contributed by atoms with Gasteiger partial charge in [-0.3, -0.25) is 9.59 Å². The molecule has 5 nitrogen and oxygen atoms in total. The fourth-order valence-electron chi connectivity index (χ4n) is 2.55. The average molecular weight is 349 g/mol. The number of nitrogens with one attached hydrogen (secondary N) is 2. The predicted molar refractivity (Wildman–Crippen MR) is 101 cm³/mol. The Labute approximate surface area is 154 Å². The lowest BCUT2D eigenvalue weighted by Crippen LogP contribution is -2.37. The number of nitriles is 1. The van der Waals surface area contributed by atoms with Crippen LogP contribution in [0, 0.1) is 17.2 Å². The third-order valence-electron chi connectivity index (χ3n) is 3.80. The molecule has 0 fully saturated rings. The molecule has 0 spiro atoms. The molecule has 0 unspecified atom stereocenters. The summed E-state index contributed by atoms with van der Waals surface area (Å²) in [5, 5.41) is 14.4. The fraction of sp³-hybridized carbons (Fsp3) is 0.286. The van der Waals surface area contributed by atoms with Crippen molar-refractivity contribution in [3.05, 3.63) is 65.7 Å². The van der Waals surface area contributed by atoms with E-state index < -0.39 is 6.04 Å². The van der Waals surface area contributed by atoms with Crippen LogP contribution in [0.3, 0.4) is 0 Å².